The van der Waals surface area contributed by atoms with E-state index in [2.05, 4.69) is 48.2 Å². The van der Waals surface area contributed by atoms with Gasteiger partial charge in [-0.25, -0.2) is 19.3 Å². The Morgan fingerprint density at radius 3 is 2.11 bits per heavy atom. The van der Waals surface area contributed by atoms with Crippen LogP contribution in [0.25, 0.3) is 11.3 Å². The van der Waals surface area contributed by atoms with Crippen molar-refractivity contribution in [2.45, 2.75) is 37.8 Å². The summed E-state index contributed by atoms with van der Waals surface area (Å²) in [4.78, 5) is 27.7. The van der Waals surface area contributed by atoms with Crippen molar-refractivity contribution >= 4 is 23.3 Å². The van der Waals surface area contributed by atoms with E-state index in [1.807, 2.05) is 17.1 Å². The zero-order valence-electron chi connectivity index (χ0n) is 18.2. The number of carboxylic acids is 2. The number of aliphatic carboxylic acids is 2. The number of rotatable bonds is 4. The number of aromatic nitrogens is 5. The number of hydrogen-bond donors (Lipinski definition) is 3. The van der Waals surface area contributed by atoms with Crippen LogP contribution in [0, 0.1) is 0 Å². The summed E-state index contributed by atoms with van der Waals surface area (Å²) in [5.74, 6) is -4.47. The fraction of sp³-hybridized carbons (Fsp3) is 0.421. The number of likely N-dealkylation sites (tertiary alicyclic amines) is 1. The maximum atomic E-state index is 10.6. The summed E-state index contributed by atoms with van der Waals surface area (Å²) in [6.45, 7) is 3.04. The quantitative estimate of drug-likeness (QED) is 0.423. The second kappa shape index (κ2) is 12.5. The number of aromatic amines is 1. The van der Waals surface area contributed by atoms with Gasteiger partial charge in [0.2, 0.25) is 0 Å². The first kappa shape index (κ1) is 28.8. The minimum atomic E-state index is -5.08. The molecule has 36 heavy (non-hydrogen) atoms. The Kier molecular flexibility index (Phi) is 9.97. The summed E-state index contributed by atoms with van der Waals surface area (Å²) in [6, 6.07) is 2.54. The van der Waals surface area contributed by atoms with Crippen LogP contribution in [0.3, 0.4) is 0 Å². The highest BCUT2D eigenvalue weighted by Crippen LogP contribution is 2.25. The summed E-state index contributed by atoms with van der Waals surface area (Å²) in [5.41, 5.74) is 2.13. The molecule has 17 heteroatoms. The largest absolute Gasteiger partial charge is 0.490 e. The molecule has 0 amide bonds. The second-order valence-corrected chi connectivity index (χ2v) is 8.02. The van der Waals surface area contributed by atoms with Crippen LogP contribution in [0.1, 0.15) is 24.7 Å². The Balaban J connectivity index is 0.000000271. The van der Waals surface area contributed by atoms with E-state index in [0.29, 0.717) is 6.04 Å². The van der Waals surface area contributed by atoms with Crippen molar-refractivity contribution in [2.24, 2.45) is 0 Å². The number of nitrogens with zero attached hydrogens (tertiary/aromatic N) is 5. The van der Waals surface area contributed by atoms with Gasteiger partial charge in [-0.1, -0.05) is 5.21 Å². The third kappa shape index (κ3) is 9.29. The molecule has 0 bridgehead atoms. The predicted octanol–water partition coefficient (Wildman–Crippen LogP) is 3.83. The predicted molar refractivity (Wildman–Crippen MR) is 113 cm³/mol. The first-order valence-electron chi connectivity index (χ1n) is 10.0. The van der Waals surface area contributed by atoms with Crippen LogP contribution in [0.15, 0.2) is 35.4 Å². The van der Waals surface area contributed by atoms with E-state index in [1.54, 1.807) is 11.3 Å². The van der Waals surface area contributed by atoms with E-state index < -0.39 is 24.3 Å². The second-order valence-electron chi connectivity index (χ2n) is 7.24. The standard InChI is InChI=1S/C15H18N6S.2C2HF3O2/c1-6-20(10-15-16-4-5-17-15)7-2-13(1)21-9-14(18-19-21)12-3-8-22-11-12;2*3-2(4,5)1(6)7/h3-5,8-9,11,13H,1-2,6-7,10H2,(H,16,17);2*(H,6,7). The Morgan fingerprint density at radius 2 is 1.67 bits per heavy atom. The molecule has 0 radical (unpaired) electrons. The topological polar surface area (TPSA) is 137 Å². The van der Waals surface area contributed by atoms with Gasteiger partial charge in [0.1, 0.15) is 11.5 Å². The third-order valence-corrected chi connectivity index (χ3v) is 5.35. The fourth-order valence-electron chi connectivity index (χ4n) is 2.94. The molecule has 0 aliphatic carbocycles. The number of nitrogens with one attached hydrogen (secondary N) is 1. The summed E-state index contributed by atoms with van der Waals surface area (Å²) in [5, 5.41) is 27.1. The highest BCUT2D eigenvalue weighted by Gasteiger charge is 2.38. The smallest absolute Gasteiger partial charge is 0.475 e. The molecule has 0 unspecified atom stereocenters. The summed E-state index contributed by atoms with van der Waals surface area (Å²) >= 11 is 1.69. The summed E-state index contributed by atoms with van der Waals surface area (Å²) < 4.78 is 65.5. The maximum absolute atomic E-state index is 10.6. The average Bonchev–Trinajstić information content (AvgIpc) is 3.56. The van der Waals surface area contributed by atoms with Gasteiger partial charge in [0.05, 0.1) is 18.8 Å². The molecule has 10 nitrogen and oxygen atoms in total. The normalized spacial score (nSPS) is 14.8. The van der Waals surface area contributed by atoms with Gasteiger partial charge in [-0.05, 0) is 24.3 Å². The highest BCUT2D eigenvalue weighted by molar-refractivity contribution is 7.08. The van der Waals surface area contributed by atoms with E-state index in [0.717, 1.165) is 49.6 Å². The van der Waals surface area contributed by atoms with Crippen molar-refractivity contribution in [1.29, 1.82) is 0 Å². The lowest BCUT2D eigenvalue weighted by Crippen LogP contribution is -2.34. The van der Waals surface area contributed by atoms with Crippen LogP contribution < -0.4 is 0 Å². The monoisotopic (exact) mass is 542 g/mol. The zero-order chi connectivity index (χ0) is 26.9. The van der Waals surface area contributed by atoms with Crippen LogP contribution in [-0.2, 0) is 16.1 Å². The molecule has 0 aromatic carbocycles. The Morgan fingerprint density at radius 1 is 1.08 bits per heavy atom. The van der Waals surface area contributed by atoms with Gasteiger partial charge in [-0.3, -0.25) is 4.90 Å². The molecule has 0 saturated carbocycles. The summed E-state index contributed by atoms with van der Waals surface area (Å²) in [7, 11) is 0. The molecular weight excluding hydrogens is 522 g/mol. The molecule has 1 aliphatic heterocycles. The number of halogens is 6. The first-order chi connectivity index (χ1) is 16.8. The van der Waals surface area contributed by atoms with Gasteiger partial charge >= 0.3 is 24.3 Å². The number of H-pyrrole nitrogens is 1. The van der Waals surface area contributed by atoms with Crippen LogP contribution in [0.5, 0.6) is 0 Å². The van der Waals surface area contributed by atoms with Crippen molar-refractivity contribution in [3.05, 3.63) is 41.2 Å². The van der Waals surface area contributed by atoms with Gasteiger partial charge in [0.15, 0.2) is 0 Å². The van der Waals surface area contributed by atoms with Gasteiger partial charge in [-0.15, -0.1) is 5.10 Å². The van der Waals surface area contributed by atoms with Crippen molar-refractivity contribution in [1.82, 2.24) is 29.9 Å². The first-order valence-corrected chi connectivity index (χ1v) is 11.0. The maximum Gasteiger partial charge on any atom is 0.490 e. The highest BCUT2D eigenvalue weighted by atomic mass is 32.1. The molecule has 4 heterocycles. The van der Waals surface area contributed by atoms with Crippen molar-refractivity contribution < 1.29 is 46.1 Å². The van der Waals surface area contributed by atoms with E-state index in [4.69, 9.17) is 19.8 Å². The number of piperidine rings is 1. The van der Waals surface area contributed by atoms with Crippen molar-refractivity contribution in [3.63, 3.8) is 0 Å². The number of carboxylic acid groups (broad SMARTS) is 2. The molecule has 1 saturated heterocycles. The number of alkyl halides is 6. The molecule has 3 N–H and O–H groups in total. The van der Waals surface area contributed by atoms with Gasteiger partial charge in [0.25, 0.3) is 0 Å². The van der Waals surface area contributed by atoms with E-state index in [1.165, 1.54) is 0 Å². The zero-order valence-corrected chi connectivity index (χ0v) is 19.0. The Bertz CT molecular complexity index is 1050. The molecular formula is C19H20F6N6O4S. The van der Waals surface area contributed by atoms with Crippen LogP contribution in [-0.4, -0.2) is 77.5 Å². The van der Waals surface area contributed by atoms with Gasteiger partial charge < -0.3 is 15.2 Å². The fourth-order valence-corrected chi connectivity index (χ4v) is 3.59. The minimum absolute atomic E-state index is 0.452. The van der Waals surface area contributed by atoms with Crippen molar-refractivity contribution in [2.75, 3.05) is 13.1 Å². The van der Waals surface area contributed by atoms with Crippen LogP contribution >= 0.6 is 11.3 Å². The number of thiophene rings is 1. The van der Waals surface area contributed by atoms with E-state index in [9.17, 15) is 26.3 Å². The lowest BCUT2D eigenvalue weighted by atomic mass is 10.1. The molecule has 3 aromatic heterocycles. The van der Waals surface area contributed by atoms with Gasteiger partial charge in [0, 0.05) is 36.4 Å². The SMILES string of the molecule is O=C(O)C(F)(F)F.O=C(O)C(F)(F)F.c1c[nH]c(CN2CCC(n3cc(-c4ccsc4)nn3)CC2)n1. The average molecular weight is 542 g/mol. The number of imidazole rings is 1. The molecule has 1 fully saturated rings. The van der Waals surface area contributed by atoms with E-state index in [-0.39, 0.29) is 0 Å². The molecule has 3 aromatic rings. The lowest BCUT2D eigenvalue weighted by molar-refractivity contribution is -0.193. The molecule has 4 rings (SSSR count). The number of hydrogen-bond acceptors (Lipinski definition) is 7. The van der Waals surface area contributed by atoms with Gasteiger partial charge in [-0.2, -0.15) is 37.7 Å². The van der Waals surface area contributed by atoms with Crippen molar-refractivity contribution in [3.8, 4) is 11.3 Å². The Labute approximate surface area is 203 Å². The third-order valence-electron chi connectivity index (χ3n) is 4.67. The molecule has 1 aliphatic rings. The minimum Gasteiger partial charge on any atom is -0.475 e. The Hall–Kier alpha value is -3.47. The lowest BCUT2D eigenvalue weighted by Gasteiger charge is -2.31. The van der Waals surface area contributed by atoms with Crippen LogP contribution in [0.4, 0.5) is 26.3 Å². The molecule has 0 atom stereocenters. The molecule has 198 valence electrons. The van der Waals surface area contributed by atoms with E-state index >= 15 is 0 Å². The number of carbonyl (C=O) groups is 2. The van der Waals surface area contributed by atoms with Crippen LogP contribution in [0.2, 0.25) is 0 Å². The summed E-state index contributed by atoms with van der Waals surface area (Å²) in [6.07, 6.45) is -2.19. The molecule has 0 spiro atoms.